The van der Waals surface area contributed by atoms with Crippen molar-refractivity contribution in [1.29, 1.82) is 0 Å². The molecule has 4 heterocycles. The van der Waals surface area contributed by atoms with Crippen LogP contribution >= 0.6 is 0 Å². The third-order valence-corrected chi connectivity index (χ3v) is 7.11. The molecule has 0 bridgehead atoms. The zero-order valence-electron chi connectivity index (χ0n) is 18.3. The molecule has 0 aliphatic carbocycles. The zero-order valence-corrected chi connectivity index (χ0v) is 18.3. The Morgan fingerprint density at radius 3 is 2.45 bits per heavy atom. The van der Waals surface area contributed by atoms with Gasteiger partial charge in [-0.25, -0.2) is 0 Å². The lowest BCUT2D eigenvalue weighted by Crippen LogP contribution is -2.55. The van der Waals surface area contributed by atoms with Crippen LogP contribution < -0.4 is 11.1 Å². The van der Waals surface area contributed by atoms with Gasteiger partial charge in [-0.3, -0.25) is 39.1 Å². The van der Waals surface area contributed by atoms with Gasteiger partial charge in [-0.1, -0.05) is 12.1 Å². The lowest BCUT2D eigenvalue weighted by molar-refractivity contribution is -0.142. The second-order valence-corrected chi connectivity index (χ2v) is 9.34. The molecule has 5 rings (SSSR count). The number of benzene rings is 1. The topological polar surface area (TPSA) is 133 Å². The van der Waals surface area contributed by atoms with Crippen LogP contribution in [0.5, 0.6) is 0 Å². The van der Waals surface area contributed by atoms with Crippen molar-refractivity contribution < 1.29 is 24.0 Å². The third kappa shape index (κ3) is 3.83. The molecule has 0 aromatic heterocycles. The van der Waals surface area contributed by atoms with Crippen LogP contribution in [0.3, 0.4) is 0 Å². The highest BCUT2D eigenvalue weighted by Crippen LogP contribution is 2.32. The molecule has 3 saturated heterocycles. The van der Waals surface area contributed by atoms with Crippen molar-refractivity contribution in [1.82, 2.24) is 20.0 Å². The van der Waals surface area contributed by atoms with Gasteiger partial charge in [0.05, 0.1) is 17.0 Å². The van der Waals surface area contributed by atoms with Crippen molar-refractivity contribution in [2.24, 2.45) is 11.7 Å². The van der Waals surface area contributed by atoms with Crippen LogP contribution in [0.2, 0.25) is 0 Å². The molecule has 10 heteroatoms. The van der Waals surface area contributed by atoms with Crippen molar-refractivity contribution in [2.45, 2.75) is 44.3 Å². The number of imide groups is 2. The van der Waals surface area contributed by atoms with E-state index in [0.29, 0.717) is 43.9 Å². The summed E-state index contributed by atoms with van der Waals surface area (Å²) in [5.41, 5.74) is 7.22. The minimum absolute atomic E-state index is 0.0617. The summed E-state index contributed by atoms with van der Waals surface area (Å²) in [7, 11) is 0. The maximum absolute atomic E-state index is 13.2. The number of fused-ring (bicyclic) bond motifs is 1. The van der Waals surface area contributed by atoms with Crippen LogP contribution in [0.25, 0.3) is 0 Å². The standard InChI is InChI=1S/C23H27N5O5/c24-15-6-8-27(9-7-15)21(31)14-11-26(12-14)10-13-2-1-3-16-19(13)23(33)28(22(16)32)17-4-5-18(29)25-20(17)30/h1-3,14-15,17H,4-12,24H2,(H,25,29,30). The highest BCUT2D eigenvalue weighted by atomic mass is 16.2. The Labute approximate surface area is 191 Å². The number of piperidine rings is 2. The van der Waals surface area contributed by atoms with Gasteiger partial charge >= 0.3 is 0 Å². The van der Waals surface area contributed by atoms with Gasteiger partial charge in [0.25, 0.3) is 11.8 Å². The molecular formula is C23H27N5O5. The number of carbonyl (C=O) groups is 5. The van der Waals surface area contributed by atoms with Gasteiger partial charge in [0.2, 0.25) is 17.7 Å². The molecule has 174 valence electrons. The van der Waals surface area contributed by atoms with Crippen LogP contribution in [0.4, 0.5) is 0 Å². The van der Waals surface area contributed by atoms with Gasteiger partial charge in [-0.15, -0.1) is 0 Å². The summed E-state index contributed by atoms with van der Waals surface area (Å²) in [6, 6.07) is 4.32. The van der Waals surface area contributed by atoms with Gasteiger partial charge in [0.15, 0.2) is 0 Å². The smallest absolute Gasteiger partial charge is 0.262 e. The van der Waals surface area contributed by atoms with Crippen LogP contribution in [-0.4, -0.2) is 82.5 Å². The molecule has 1 unspecified atom stereocenters. The second kappa shape index (κ2) is 8.35. The molecule has 5 amide bonds. The summed E-state index contributed by atoms with van der Waals surface area (Å²) < 4.78 is 0. The number of nitrogens with two attached hydrogens (primary N) is 1. The van der Waals surface area contributed by atoms with E-state index < -0.39 is 29.7 Å². The Morgan fingerprint density at radius 1 is 1.03 bits per heavy atom. The first-order chi connectivity index (χ1) is 15.8. The van der Waals surface area contributed by atoms with Crippen molar-refractivity contribution in [2.75, 3.05) is 26.2 Å². The molecule has 1 aromatic rings. The summed E-state index contributed by atoms with van der Waals surface area (Å²) in [5.74, 6) is -1.93. The fourth-order valence-corrected chi connectivity index (χ4v) is 5.19. The molecule has 1 atom stereocenters. The van der Waals surface area contributed by atoms with Gasteiger partial charge < -0.3 is 10.6 Å². The first-order valence-corrected chi connectivity index (χ1v) is 11.4. The molecular weight excluding hydrogens is 426 g/mol. The predicted octanol–water partition coefficient (Wildman–Crippen LogP) is -0.531. The molecule has 33 heavy (non-hydrogen) atoms. The molecule has 10 nitrogen and oxygen atoms in total. The third-order valence-electron chi connectivity index (χ3n) is 7.11. The SMILES string of the molecule is NC1CCN(C(=O)C2CN(Cc3cccc4c3C(=O)N(C3CCC(=O)NC3=O)C4=O)C2)CC1. The highest BCUT2D eigenvalue weighted by molar-refractivity contribution is 6.24. The fourth-order valence-electron chi connectivity index (χ4n) is 5.19. The number of hydrogen-bond donors (Lipinski definition) is 2. The van der Waals surface area contributed by atoms with E-state index in [0.717, 1.165) is 17.7 Å². The van der Waals surface area contributed by atoms with E-state index in [2.05, 4.69) is 10.2 Å². The Morgan fingerprint density at radius 2 is 1.76 bits per heavy atom. The van der Waals surface area contributed by atoms with Crippen molar-refractivity contribution in [3.8, 4) is 0 Å². The maximum Gasteiger partial charge on any atom is 0.262 e. The molecule has 3 fully saturated rings. The number of nitrogens with zero attached hydrogens (tertiary/aromatic N) is 3. The predicted molar refractivity (Wildman–Crippen MR) is 116 cm³/mol. The fraction of sp³-hybridized carbons (Fsp3) is 0.522. The Bertz CT molecular complexity index is 1040. The largest absolute Gasteiger partial charge is 0.342 e. The molecule has 0 radical (unpaired) electrons. The second-order valence-electron chi connectivity index (χ2n) is 9.34. The number of amides is 5. The number of nitrogens with one attached hydrogen (secondary N) is 1. The summed E-state index contributed by atoms with van der Waals surface area (Å²) in [5, 5.41) is 2.21. The van der Waals surface area contributed by atoms with Crippen LogP contribution in [-0.2, 0) is 20.9 Å². The molecule has 0 saturated carbocycles. The molecule has 4 aliphatic rings. The summed E-state index contributed by atoms with van der Waals surface area (Å²) >= 11 is 0. The van der Waals surface area contributed by atoms with E-state index in [4.69, 9.17) is 5.73 Å². The number of rotatable bonds is 4. The molecule has 0 spiro atoms. The van der Waals surface area contributed by atoms with E-state index in [-0.39, 0.29) is 36.3 Å². The maximum atomic E-state index is 13.2. The first-order valence-electron chi connectivity index (χ1n) is 11.4. The van der Waals surface area contributed by atoms with Gasteiger partial charge in [-0.05, 0) is 30.9 Å². The number of likely N-dealkylation sites (tertiary alicyclic amines) is 2. The van der Waals surface area contributed by atoms with E-state index >= 15 is 0 Å². The molecule has 3 N–H and O–H groups in total. The number of hydrogen-bond acceptors (Lipinski definition) is 7. The van der Waals surface area contributed by atoms with Crippen LogP contribution in [0, 0.1) is 5.92 Å². The Hall–Kier alpha value is -3.11. The summed E-state index contributed by atoms with van der Waals surface area (Å²) in [4.78, 5) is 67.6. The van der Waals surface area contributed by atoms with E-state index in [9.17, 15) is 24.0 Å². The van der Waals surface area contributed by atoms with Crippen LogP contribution in [0.15, 0.2) is 18.2 Å². The highest BCUT2D eigenvalue weighted by Gasteiger charge is 2.46. The van der Waals surface area contributed by atoms with E-state index in [1.54, 1.807) is 18.2 Å². The van der Waals surface area contributed by atoms with Crippen molar-refractivity contribution >= 4 is 29.5 Å². The molecule has 1 aromatic carbocycles. The average molecular weight is 453 g/mol. The quantitative estimate of drug-likeness (QED) is 0.586. The normalized spacial score (nSPS) is 24.7. The summed E-state index contributed by atoms with van der Waals surface area (Å²) in [6.07, 6.45) is 1.88. The minimum atomic E-state index is -0.980. The van der Waals surface area contributed by atoms with Crippen molar-refractivity contribution in [3.05, 3.63) is 34.9 Å². The first kappa shape index (κ1) is 21.7. The monoisotopic (exact) mass is 453 g/mol. The zero-order chi connectivity index (χ0) is 23.3. The number of carbonyl (C=O) groups excluding carboxylic acids is 5. The van der Waals surface area contributed by atoms with Crippen LogP contribution in [0.1, 0.15) is 52.0 Å². The average Bonchev–Trinajstić information content (AvgIpc) is 3.02. The van der Waals surface area contributed by atoms with Crippen molar-refractivity contribution in [3.63, 3.8) is 0 Å². The Balaban J connectivity index is 1.25. The van der Waals surface area contributed by atoms with Gasteiger partial charge in [0.1, 0.15) is 6.04 Å². The lowest BCUT2D eigenvalue weighted by atomic mass is 9.94. The summed E-state index contributed by atoms with van der Waals surface area (Å²) in [6.45, 7) is 3.05. The van der Waals surface area contributed by atoms with Gasteiger partial charge in [-0.2, -0.15) is 0 Å². The Kier molecular flexibility index (Phi) is 5.49. The van der Waals surface area contributed by atoms with Gasteiger partial charge in [0, 0.05) is 45.2 Å². The molecule has 4 aliphatic heterocycles. The van der Waals surface area contributed by atoms with E-state index in [1.165, 1.54) is 0 Å². The minimum Gasteiger partial charge on any atom is -0.342 e. The lowest BCUT2D eigenvalue weighted by Gasteiger charge is -2.42. The van der Waals surface area contributed by atoms with E-state index in [1.807, 2.05) is 4.90 Å².